The summed E-state index contributed by atoms with van der Waals surface area (Å²) in [5.41, 5.74) is 0.163. The first-order valence-electron chi connectivity index (χ1n) is 7.72. The number of ether oxygens (including phenoxy) is 2. The van der Waals surface area contributed by atoms with Crippen LogP contribution >= 0.6 is 11.6 Å². The summed E-state index contributed by atoms with van der Waals surface area (Å²) in [6.07, 6.45) is -0.858. The molecule has 2 atom stereocenters. The number of rotatable bonds is 3. The summed E-state index contributed by atoms with van der Waals surface area (Å²) < 4.78 is 11.2. The summed E-state index contributed by atoms with van der Waals surface area (Å²) in [6, 6.07) is 4.26. The summed E-state index contributed by atoms with van der Waals surface area (Å²) in [7, 11) is 0. The third-order valence-electron chi connectivity index (χ3n) is 3.61. The smallest absolute Gasteiger partial charge is 0.411 e. The molecule has 2 rings (SSSR count). The number of aryl methyl sites for hydroxylation is 1. The van der Waals surface area contributed by atoms with Crippen molar-refractivity contribution in [1.29, 1.82) is 0 Å². The molecule has 1 N–H and O–H groups in total. The maximum atomic E-state index is 12.3. The molecule has 1 saturated heterocycles. The van der Waals surface area contributed by atoms with Gasteiger partial charge in [-0.1, -0.05) is 11.6 Å². The number of carboxylic acids is 1. The zero-order valence-electron chi connectivity index (χ0n) is 14.2. The highest BCUT2D eigenvalue weighted by molar-refractivity contribution is 6.30. The van der Waals surface area contributed by atoms with Crippen molar-refractivity contribution in [3.63, 3.8) is 0 Å². The molecular formula is C17H22ClNO5. The van der Waals surface area contributed by atoms with E-state index in [4.69, 9.17) is 21.1 Å². The lowest BCUT2D eigenvalue weighted by Crippen LogP contribution is -2.43. The molecule has 132 valence electrons. The zero-order chi connectivity index (χ0) is 18.1. The van der Waals surface area contributed by atoms with Crippen molar-refractivity contribution in [2.24, 2.45) is 0 Å². The van der Waals surface area contributed by atoms with E-state index in [1.54, 1.807) is 39.0 Å². The van der Waals surface area contributed by atoms with Crippen molar-refractivity contribution >= 4 is 23.7 Å². The molecule has 0 aromatic heterocycles. The Morgan fingerprint density at radius 3 is 2.54 bits per heavy atom. The van der Waals surface area contributed by atoms with Gasteiger partial charge in [-0.2, -0.15) is 0 Å². The van der Waals surface area contributed by atoms with Gasteiger partial charge in [-0.25, -0.2) is 9.59 Å². The Labute approximate surface area is 146 Å². The van der Waals surface area contributed by atoms with Crippen LogP contribution in [0.2, 0.25) is 5.02 Å². The number of carbonyl (C=O) groups is 2. The molecule has 1 fully saturated rings. The van der Waals surface area contributed by atoms with E-state index in [0.29, 0.717) is 10.8 Å². The van der Waals surface area contributed by atoms with E-state index in [0.717, 1.165) is 5.56 Å². The number of carbonyl (C=O) groups excluding carboxylic acids is 1. The van der Waals surface area contributed by atoms with Crippen LogP contribution in [-0.4, -0.2) is 46.4 Å². The Morgan fingerprint density at radius 1 is 1.33 bits per heavy atom. The Balaban J connectivity index is 2.11. The Hall–Kier alpha value is -1.95. The van der Waals surface area contributed by atoms with Gasteiger partial charge in [-0.15, -0.1) is 0 Å². The van der Waals surface area contributed by atoms with Gasteiger partial charge >= 0.3 is 12.1 Å². The molecule has 1 heterocycles. The van der Waals surface area contributed by atoms with Gasteiger partial charge in [0.25, 0.3) is 0 Å². The van der Waals surface area contributed by atoms with Crippen molar-refractivity contribution < 1.29 is 24.2 Å². The lowest BCUT2D eigenvalue weighted by Gasteiger charge is -2.26. The zero-order valence-corrected chi connectivity index (χ0v) is 15.0. The first-order valence-corrected chi connectivity index (χ1v) is 8.10. The number of halogens is 1. The summed E-state index contributed by atoms with van der Waals surface area (Å²) in [5.74, 6) is -0.445. The molecule has 1 aliphatic heterocycles. The van der Waals surface area contributed by atoms with Gasteiger partial charge < -0.3 is 14.6 Å². The monoisotopic (exact) mass is 355 g/mol. The molecular weight excluding hydrogens is 334 g/mol. The first kappa shape index (κ1) is 18.4. The topological polar surface area (TPSA) is 76.1 Å². The van der Waals surface area contributed by atoms with Crippen molar-refractivity contribution in [3.8, 4) is 5.75 Å². The lowest BCUT2D eigenvalue weighted by molar-refractivity contribution is -0.142. The fourth-order valence-electron chi connectivity index (χ4n) is 2.56. The average molecular weight is 356 g/mol. The number of likely N-dealkylation sites (tertiary alicyclic amines) is 1. The molecule has 0 unspecified atom stereocenters. The molecule has 7 heteroatoms. The van der Waals surface area contributed by atoms with Crippen LogP contribution in [0.5, 0.6) is 5.75 Å². The van der Waals surface area contributed by atoms with Crippen LogP contribution in [0, 0.1) is 6.92 Å². The maximum Gasteiger partial charge on any atom is 0.411 e. The van der Waals surface area contributed by atoms with Gasteiger partial charge in [0.1, 0.15) is 23.5 Å². The van der Waals surface area contributed by atoms with Crippen LogP contribution in [0.3, 0.4) is 0 Å². The van der Waals surface area contributed by atoms with E-state index in [1.165, 1.54) is 4.90 Å². The van der Waals surface area contributed by atoms with Gasteiger partial charge in [0.05, 0.1) is 6.54 Å². The minimum absolute atomic E-state index is 0.161. The van der Waals surface area contributed by atoms with Gasteiger partial charge in [-0.3, -0.25) is 4.90 Å². The minimum atomic E-state index is -1.07. The third-order valence-corrected chi connectivity index (χ3v) is 3.84. The van der Waals surface area contributed by atoms with Crippen LogP contribution in [0.15, 0.2) is 18.2 Å². The van der Waals surface area contributed by atoms with Crippen LogP contribution in [0.1, 0.15) is 32.8 Å². The number of amides is 1. The molecule has 1 aliphatic rings. The third kappa shape index (κ3) is 4.54. The summed E-state index contributed by atoms with van der Waals surface area (Å²) in [6.45, 7) is 7.23. The molecule has 1 amide bonds. The van der Waals surface area contributed by atoms with Gasteiger partial charge in [0.15, 0.2) is 0 Å². The summed E-state index contributed by atoms with van der Waals surface area (Å²) in [4.78, 5) is 24.9. The van der Waals surface area contributed by atoms with Gasteiger partial charge in [0.2, 0.25) is 0 Å². The largest absolute Gasteiger partial charge is 0.488 e. The highest BCUT2D eigenvalue weighted by atomic mass is 35.5. The standard InChI is InChI=1S/C17H22ClNO5/c1-10-7-11(18)5-6-14(10)23-12-8-13(15(20)21)19(9-12)16(22)24-17(2,3)4/h5-7,12-13H,8-9H2,1-4H3,(H,20,21)/t12-,13+/m1/s1. The second-order valence-corrected chi connectivity index (χ2v) is 7.31. The minimum Gasteiger partial charge on any atom is -0.488 e. The molecule has 6 nitrogen and oxygen atoms in total. The van der Waals surface area contributed by atoms with E-state index in [9.17, 15) is 14.7 Å². The van der Waals surface area contributed by atoms with Crippen molar-refractivity contribution in [3.05, 3.63) is 28.8 Å². The van der Waals surface area contributed by atoms with E-state index >= 15 is 0 Å². The highest BCUT2D eigenvalue weighted by Crippen LogP contribution is 2.28. The van der Waals surface area contributed by atoms with Crippen molar-refractivity contribution in [2.75, 3.05) is 6.54 Å². The Morgan fingerprint density at radius 2 is 2.00 bits per heavy atom. The van der Waals surface area contributed by atoms with E-state index < -0.39 is 29.8 Å². The number of nitrogens with zero attached hydrogens (tertiary/aromatic N) is 1. The quantitative estimate of drug-likeness (QED) is 0.898. The highest BCUT2D eigenvalue weighted by Gasteiger charge is 2.42. The summed E-state index contributed by atoms with van der Waals surface area (Å²) in [5, 5.41) is 9.99. The fourth-order valence-corrected chi connectivity index (χ4v) is 2.79. The molecule has 0 saturated carbocycles. The fraction of sp³-hybridized carbons (Fsp3) is 0.529. The number of hydrogen-bond donors (Lipinski definition) is 1. The predicted octanol–water partition coefficient (Wildman–Crippen LogP) is 3.49. The molecule has 24 heavy (non-hydrogen) atoms. The van der Waals surface area contributed by atoms with Gasteiger partial charge in [0, 0.05) is 11.4 Å². The second-order valence-electron chi connectivity index (χ2n) is 6.87. The van der Waals surface area contributed by atoms with Crippen LogP contribution in [-0.2, 0) is 9.53 Å². The van der Waals surface area contributed by atoms with Crippen LogP contribution in [0.25, 0.3) is 0 Å². The van der Waals surface area contributed by atoms with Crippen LogP contribution in [0.4, 0.5) is 4.79 Å². The SMILES string of the molecule is Cc1cc(Cl)ccc1O[C@@H]1C[C@@H](C(=O)O)N(C(=O)OC(C)(C)C)C1. The van der Waals surface area contributed by atoms with E-state index in [1.807, 2.05) is 6.92 Å². The van der Waals surface area contributed by atoms with Crippen LogP contribution < -0.4 is 4.74 Å². The Kier molecular flexibility index (Phi) is 5.28. The number of aliphatic carboxylic acids is 1. The Bertz CT molecular complexity index is 640. The van der Waals surface area contributed by atoms with E-state index in [2.05, 4.69) is 0 Å². The second kappa shape index (κ2) is 6.89. The number of carboxylic acid groups (broad SMARTS) is 1. The molecule has 0 spiro atoms. The van der Waals surface area contributed by atoms with E-state index in [-0.39, 0.29) is 13.0 Å². The number of hydrogen-bond acceptors (Lipinski definition) is 4. The average Bonchev–Trinajstić information content (AvgIpc) is 2.84. The van der Waals surface area contributed by atoms with Crippen molar-refractivity contribution in [1.82, 2.24) is 4.90 Å². The van der Waals surface area contributed by atoms with Crippen molar-refractivity contribution in [2.45, 2.75) is 51.9 Å². The predicted molar refractivity (Wildman–Crippen MR) is 89.6 cm³/mol. The van der Waals surface area contributed by atoms with Gasteiger partial charge in [-0.05, 0) is 51.5 Å². The lowest BCUT2D eigenvalue weighted by atomic mass is 10.2. The summed E-state index contributed by atoms with van der Waals surface area (Å²) >= 11 is 5.92. The molecule has 0 aliphatic carbocycles. The normalized spacial score (nSPS) is 20.8. The number of benzene rings is 1. The molecule has 1 aromatic rings. The molecule has 1 aromatic carbocycles. The first-order chi connectivity index (χ1) is 11.1. The maximum absolute atomic E-state index is 12.3. The molecule has 0 bridgehead atoms. The molecule has 0 radical (unpaired) electrons.